The Morgan fingerprint density at radius 3 is 1.30 bits per heavy atom. The molecule has 8 nitrogen and oxygen atoms in total. The zero-order chi connectivity index (χ0) is 28.7. The van der Waals surface area contributed by atoms with Crippen LogP contribution in [0.25, 0.3) is 0 Å². The Hall–Kier alpha value is -4.40. The van der Waals surface area contributed by atoms with E-state index in [0.717, 1.165) is 11.1 Å². The summed E-state index contributed by atoms with van der Waals surface area (Å²) in [7, 11) is 3.14. The van der Waals surface area contributed by atoms with E-state index in [1.54, 1.807) is 74.9 Å². The molecule has 0 amide bonds. The van der Waals surface area contributed by atoms with Gasteiger partial charge in [-0.15, -0.1) is 0 Å². The number of para-hydroxylation sites is 2. The number of rotatable bonds is 8. The molecule has 0 aliphatic heterocycles. The van der Waals surface area contributed by atoms with Gasteiger partial charge in [-0.2, -0.15) is 0 Å². The molecule has 10 heteroatoms. The van der Waals surface area contributed by atoms with Gasteiger partial charge in [-0.25, -0.2) is 9.59 Å². The zero-order valence-electron chi connectivity index (χ0n) is 21.7. The number of carbonyl (C=O) groups excluding carboxylic acids is 2. The monoisotopic (exact) mass is 584 g/mol. The summed E-state index contributed by atoms with van der Waals surface area (Å²) in [4.78, 5) is 23.1. The fourth-order valence-corrected chi connectivity index (χ4v) is 3.43. The first-order valence-electron chi connectivity index (χ1n) is 11.8. The Morgan fingerprint density at radius 2 is 0.925 bits per heavy atom. The fraction of sp³-hybridized carbons (Fsp3) is 0.133. The molecule has 0 radical (unpaired) electrons. The summed E-state index contributed by atoms with van der Waals surface area (Å²) in [6.07, 6.45) is -1.56. The van der Waals surface area contributed by atoms with Crippen LogP contribution in [-0.4, -0.2) is 26.5 Å². The van der Waals surface area contributed by atoms with Crippen LogP contribution in [-0.2, 0) is 22.7 Å². The van der Waals surface area contributed by atoms with Crippen molar-refractivity contribution in [1.29, 1.82) is 0 Å². The molecule has 40 heavy (non-hydrogen) atoms. The van der Waals surface area contributed by atoms with Crippen LogP contribution >= 0.6 is 23.2 Å². The SMILES string of the molecule is COc1ccccc1COC(=O)OCc1ccccc1OC.O=C(Oc1ccc(Cl)cc1)Oc1ccc(Cl)cc1. The van der Waals surface area contributed by atoms with Crippen molar-refractivity contribution in [3.05, 3.63) is 118 Å². The lowest BCUT2D eigenvalue weighted by Crippen LogP contribution is -2.13. The predicted molar refractivity (Wildman–Crippen MR) is 151 cm³/mol. The van der Waals surface area contributed by atoms with Crippen LogP contribution in [0, 0.1) is 0 Å². The number of hydrogen-bond acceptors (Lipinski definition) is 8. The molecule has 0 heterocycles. The topological polar surface area (TPSA) is 89.5 Å². The highest BCUT2D eigenvalue weighted by Crippen LogP contribution is 2.21. The second-order valence-corrected chi connectivity index (χ2v) is 8.69. The highest BCUT2D eigenvalue weighted by Gasteiger charge is 2.10. The fourth-order valence-electron chi connectivity index (χ4n) is 3.18. The van der Waals surface area contributed by atoms with Crippen molar-refractivity contribution in [1.82, 2.24) is 0 Å². The third kappa shape index (κ3) is 10.1. The van der Waals surface area contributed by atoms with Gasteiger partial charge in [-0.1, -0.05) is 59.6 Å². The molecule has 0 saturated carbocycles. The Morgan fingerprint density at radius 1 is 0.550 bits per heavy atom. The van der Waals surface area contributed by atoms with Gasteiger partial charge in [-0.3, -0.25) is 0 Å². The van der Waals surface area contributed by atoms with Crippen molar-refractivity contribution < 1.29 is 38.0 Å². The number of hydrogen-bond donors (Lipinski definition) is 0. The normalized spacial score (nSPS) is 9.90. The average Bonchev–Trinajstić information content (AvgIpc) is 2.98. The molecule has 0 fully saturated rings. The standard InChI is InChI=1S/C17H18O5.C13H8Cl2O3/c1-19-15-9-5-3-7-13(15)11-21-17(18)22-12-14-8-4-6-10-16(14)20-2;14-9-1-5-11(6-2-9)17-13(16)18-12-7-3-10(15)4-8-12/h3-10H,11-12H2,1-2H3;1-8H. The van der Waals surface area contributed by atoms with Crippen LogP contribution in [0.15, 0.2) is 97.1 Å². The second kappa shape index (κ2) is 15.9. The van der Waals surface area contributed by atoms with E-state index in [4.69, 9.17) is 51.6 Å². The smallest absolute Gasteiger partial charge is 0.496 e. The van der Waals surface area contributed by atoms with Gasteiger partial charge in [0.1, 0.15) is 36.2 Å². The van der Waals surface area contributed by atoms with Crippen molar-refractivity contribution >= 4 is 35.5 Å². The van der Waals surface area contributed by atoms with Crippen molar-refractivity contribution in [2.75, 3.05) is 14.2 Å². The van der Waals surface area contributed by atoms with Gasteiger partial charge < -0.3 is 28.4 Å². The number of ether oxygens (including phenoxy) is 6. The maximum Gasteiger partial charge on any atom is 0.519 e. The van der Waals surface area contributed by atoms with E-state index >= 15 is 0 Å². The van der Waals surface area contributed by atoms with Crippen molar-refractivity contribution in [3.8, 4) is 23.0 Å². The van der Waals surface area contributed by atoms with Gasteiger partial charge in [0.2, 0.25) is 0 Å². The highest BCUT2D eigenvalue weighted by atomic mass is 35.5. The molecule has 0 spiro atoms. The van der Waals surface area contributed by atoms with Crippen LogP contribution in [0.5, 0.6) is 23.0 Å². The summed E-state index contributed by atoms with van der Waals surface area (Å²) in [6.45, 7) is 0.184. The summed E-state index contributed by atoms with van der Waals surface area (Å²) in [6, 6.07) is 27.4. The minimum atomic E-state index is -0.820. The Labute approximate surface area is 241 Å². The molecule has 0 aliphatic carbocycles. The summed E-state index contributed by atoms with van der Waals surface area (Å²) in [5.41, 5.74) is 1.55. The molecule has 4 rings (SSSR count). The summed E-state index contributed by atoms with van der Waals surface area (Å²) in [5.74, 6) is 2.05. The number of benzene rings is 4. The minimum Gasteiger partial charge on any atom is -0.496 e. The van der Waals surface area contributed by atoms with Crippen LogP contribution in [0.2, 0.25) is 10.0 Å². The first kappa shape index (κ1) is 30.1. The molecular formula is C30H26Cl2O8. The zero-order valence-corrected chi connectivity index (χ0v) is 23.2. The maximum absolute atomic E-state index is 11.7. The first-order chi connectivity index (χ1) is 19.4. The van der Waals surface area contributed by atoms with Crippen LogP contribution in [0.3, 0.4) is 0 Å². The predicted octanol–water partition coefficient (Wildman–Crippen LogP) is 8.13. The van der Waals surface area contributed by atoms with Crippen molar-refractivity contribution in [3.63, 3.8) is 0 Å². The van der Waals surface area contributed by atoms with E-state index in [9.17, 15) is 9.59 Å². The van der Waals surface area contributed by atoms with Gasteiger partial charge >= 0.3 is 12.3 Å². The largest absolute Gasteiger partial charge is 0.519 e. The molecule has 0 unspecified atom stereocenters. The Bertz CT molecular complexity index is 1270. The first-order valence-corrected chi connectivity index (χ1v) is 12.6. The quantitative estimate of drug-likeness (QED) is 0.151. The molecule has 0 N–H and O–H groups in total. The van der Waals surface area contributed by atoms with Gasteiger partial charge in [0.05, 0.1) is 14.2 Å². The molecule has 4 aromatic carbocycles. The van der Waals surface area contributed by atoms with E-state index in [2.05, 4.69) is 0 Å². The van der Waals surface area contributed by atoms with E-state index in [-0.39, 0.29) is 13.2 Å². The van der Waals surface area contributed by atoms with Gasteiger partial charge in [0.25, 0.3) is 0 Å². The highest BCUT2D eigenvalue weighted by molar-refractivity contribution is 6.30. The maximum atomic E-state index is 11.7. The number of methoxy groups -OCH3 is 2. The minimum absolute atomic E-state index is 0.0920. The van der Waals surface area contributed by atoms with Crippen LogP contribution < -0.4 is 18.9 Å². The molecular weight excluding hydrogens is 559 g/mol. The van der Waals surface area contributed by atoms with Crippen LogP contribution in [0.1, 0.15) is 11.1 Å². The molecule has 0 bridgehead atoms. The third-order valence-electron chi connectivity index (χ3n) is 5.11. The van der Waals surface area contributed by atoms with Gasteiger partial charge in [0.15, 0.2) is 0 Å². The average molecular weight is 585 g/mol. The van der Waals surface area contributed by atoms with Gasteiger partial charge in [-0.05, 0) is 60.7 Å². The Kier molecular flexibility index (Phi) is 12.0. The lowest BCUT2D eigenvalue weighted by molar-refractivity contribution is 0.0438. The third-order valence-corrected chi connectivity index (χ3v) is 5.61. The van der Waals surface area contributed by atoms with Crippen molar-refractivity contribution in [2.24, 2.45) is 0 Å². The second-order valence-electron chi connectivity index (χ2n) is 7.81. The lowest BCUT2D eigenvalue weighted by atomic mass is 10.2. The summed E-state index contributed by atoms with van der Waals surface area (Å²) >= 11 is 11.4. The molecule has 0 saturated heterocycles. The van der Waals surface area contributed by atoms with E-state index in [0.29, 0.717) is 33.0 Å². The van der Waals surface area contributed by atoms with Gasteiger partial charge in [0, 0.05) is 21.2 Å². The number of carbonyl (C=O) groups is 2. The molecule has 208 valence electrons. The lowest BCUT2D eigenvalue weighted by Gasteiger charge is -2.10. The van der Waals surface area contributed by atoms with E-state index in [1.165, 1.54) is 0 Å². The summed E-state index contributed by atoms with van der Waals surface area (Å²) < 4.78 is 30.4. The summed E-state index contributed by atoms with van der Waals surface area (Å²) in [5, 5.41) is 1.13. The molecule has 0 aromatic heterocycles. The van der Waals surface area contributed by atoms with Crippen molar-refractivity contribution in [2.45, 2.75) is 13.2 Å². The molecule has 0 atom stereocenters. The molecule has 4 aromatic rings. The molecule has 0 aliphatic rings. The Balaban J connectivity index is 0.000000225. The number of halogens is 2. The van der Waals surface area contributed by atoms with E-state index in [1.807, 2.05) is 36.4 Å². The van der Waals surface area contributed by atoms with E-state index < -0.39 is 12.3 Å². The van der Waals surface area contributed by atoms with Crippen LogP contribution in [0.4, 0.5) is 9.59 Å².